The Balaban J connectivity index is 2.27. The predicted octanol–water partition coefficient (Wildman–Crippen LogP) is 0.580. The summed E-state index contributed by atoms with van der Waals surface area (Å²) in [6.45, 7) is 1.97. The number of amides is 1. The Labute approximate surface area is 117 Å². The van der Waals surface area contributed by atoms with Crippen LogP contribution in [0.2, 0.25) is 0 Å². The smallest absolute Gasteiger partial charge is 0.332 e. The van der Waals surface area contributed by atoms with E-state index in [4.69, 9.17) is 14.9 Å². The molecule has 0 bridgehead atoms. The van der Waals surface area contributed by atoms with Crippen LogP contribution in [0, 0.1) is 0 Å². The second-order valence-electron chi connectivity index (χ2n) is 4.28. The topological polar surface area (TPSA) is 95.9 Å². The van der Waals surface area contributed by atoms with Gasteiger partial charge in [0, 0.05) is 13.0 Å². The van der Waals surface area contributed by atoms with Gasteiger partial charge in [0.05, 0.1) is 0 Å². The SMILES string of the molecule is CCc1cccc(OCC(=O)NCC[C@H](O)C(=O)O)c1. The van der Waals surface area contributed by atoms with Gasteiger partial charge in [-0.1, -0.05) is 19.1 Å². The highest BCUT2D eigenvalue weighted by atomic mass is 16.5. The number of aliphatic carboxylic acids is 1. The number of hydrogen-bond acceptors (Lipinski definition) is 4. The van der Waals surface area contributed by atoms with Crippen LogP contribution in [0.5, 0.6) is 5.75 Å². The molecule has 110 valence electrons. The van der Waals surface area contributed by atoms with E-state index in [1.165, 1.54) is 0 Å². The average Bonchev–Trinajstić information content (AvgIpc) is 2.45. The van der Waals surface area contributed by atoms with Gasteiger partial charge in [-0.3, -0.25) is 4.79 Å². The maximum Gasteiger partial charge on any atom is 0.332 e. The zero-order valence-electron chi connectivity index (χ0n) is 11.3. The Morgan fingerprint density at radius 2 is 2.15 bits per heavy atom. The molecule has 0 aliphatic rings. The summed E-state index contributed by atoms with van der Waals surface area (Å²) in [7, 11) is 0. The van der Waals surface area contributed by atoms with Crippen molar-refractivity contribution in [3.8, 4) is 5.75 Å². The summed E-state index contributed by atoms with van der Waals surface area (Å²) in [4.78, 5) is 21.8. The number of rotatable bonds is 8. The number of nitrogens with one attached hydrogen (secondary N) is 1. The minimum Gasteiger partial charge on any atom is -0.484 e. The molecule has 1 atom stereocenters. The van der Waals surface area contributed by atoms with Crippen LogP contribution < -0.4 is 10.1 Å². The van der Waals surface area contributed by atoms with E-state index in [-0.39, 0.29) is 25.5 Å². The Morgan fingerprint density at radius 3 is 2.80 bits per heavy atom. The van der Waals surface area contributed by atoms with Crippen LogP contribution in [0.15, 0.2) is 24.3 Å². The molecule has 1 aromatic carbocycles. The molecule has 0 saturated heterocycles. The first kappa shape index (κ1) is 16.0. The van der Waals surface area contributed by atoms with E-state index in [0.29, 0.717) is 5.75 Å². The van der Waals surface area contributed by atoms with Crippen molar-refractivity contribution >= 4 is 11.9 Å². The van der Waals surface area contributed by atoms with Crippen molar-refractivity contribution in [2.45, 2.75) is 25.9 Å². The minimum atomic E-state index is -1.46. The number of ether oxygens (including phenoxy) is 1. The van der Waals surface area contributed by atoms with Gasteiger partial charge in [-0.05, 0) is 24.1 Å². The number of benzene rings is 1. The zero-order valence-corrected chi connectivity index (χ0v) is 11.3. The zero-order chi connectivity index (χ0) is 15.0. The van der Waals surface area contributed by atoms with Crippen LogP contribution in [-0.2, 0) is 16.0 Å². The molecule has 1 amide bonds. The Morgan fingerprint density at radius 1 is 1.40 bits per heavy atom. The second kappa shape index (κ2) is 8.16. The second-order valence-corrected chi connectivity index (χ2v) is 4.28. The number of carbonyl (C=O) groups is 2. The summed E-state index contributed by atoms with van der Waals surface area (Å²) in [6.07, 6.45) is -0.611. The number of carbonyl (C=O) groups excluding carboxylic acids is 1. The summed E-state index contributed by atoms with van der Waals surface area (Å²) in [5, 5.41) is 20.0. The highest BCUT2D eigenvalue weighted by Gasteiger charge is 2.12. The van der Waals surface area contributed by atoms with Gasteiger partial charge >= 0.3 is 5.97 Å². The first-order chi connectivity index (χ1) is 9.52. The van der Waals surface area contributed by atoms with Gasteiger partial charge in [0.25, 0.3) is 5.91 Å². The lowest BCUT2D eigenvalue weighted by Gasteiger charge is -2.09. The molecule has 0 saturated carbocycles. The van der Waals surface area contributed by atoms with Crippen molar-refractivity contribution in [2.75, 3.05) is 13.2 Å². The normalized spacial score (nSPS) is 11.7. The highest BCUT2D eigenvalue weighted by molar-refractivity contribution is 5.77. The fourth-order valence-corrected chi connectivity index (χ4v) is 1.53. The third-order valence-electron chi connectivity index (χ3n) is 2.70. The summed E-state index contributed by atoms with van der Waals surface area (Å²) >= 11 is 0. The maximum absolute atomic E-state index is 11.5. The minimum absolute atomic E-state index is 0.0353. The van der Waals surface area contributed by atoms with Gasteiger partial charge in [-0.15, -0.1) is 0 Å². The van der Waals surface area contributed by atoms with Crippen LogP contribution in [0.3, 0.4) is 0 Å². The first-order valence-corrected chi connectivity index (χ1v) is 6.42. The summed E-state index contributed by atoms with van der Waals surface area (Å²) in [6, 6.07) is 7.46. The summed E-state index contributed by atoms with van der Waals surface area (Å²) < 4.78 is 5.32. The van der Waals surface area contributed by atoms with Crippen molar-refractivity contribution in [1.29, 1.82) is 0 Å². The van der Waals surface area contributed by atoms with Gasteiger partial charge in [0.1, 0.15) is 5.75 Å². The molecule has 20 heavy (non-hydrogen) atoms. The molecule has 1 rings (SSSR count). The molecule has 0 unspecified atom stereocenters. The third-order valence-corrected chi connectivity index (χ3v) is 2.70. The Hall–Kier alpha value is -2.08. The van der Waals surface area contributed by atoms with E-state index in [0.717, 1.165) is 12.0 Å². The van der Waals surface area contributed by atoms with E-state index in [9.17, 15) is 9.59 Å². The highest BCUT2D eigenvalue weighted by Crippen LogP contribution is 2.13. The van der Waals surface area contributed by atoms with E-state index in [2.05, 4.69) is 5.32 Å². The first-order valence-electron chi connectivity index (χ1n) is 6.42. The molecule has 0 heterocycles. The van der Waals surface area contributed by atoms with Crippen LogP contribution in [0.1, 0.15) is 18.9 Å². The number of aliphatic hydroxyl groups excluding tert-OH is 1. The van der Waals surface area contributed by atoms with E-state index in [1.807, 2.05) is 25.1 Å². The number of aryl methyl sites for hydroxylation is 1. The number of carboxylic acids is 1. The van der Waals surface area contributed by atoms with Crippen LogP contribution in [0.25, 0.3) is 0 Å². The average molecular weight is 281 g/mol. The van der Waals surface area contributed by atoms with Crippen molar-refractivity contribution in [2.24, 2.45) is 0 Å². The van der Waals surface area contributed by atoms with Crippen LogP contribution in [0.4, 0.5) is 0 Å². The van der Waals surface area contributed by atoms with Crippen molar-refractivity contribution in [3.05, 3.63) is 29.8 Å². The molecule has 0 radical (unpaired) electrons. The lowest BCUT2D eigenvalue weighted by Crippen LogP contribution is -2.33. The molecule has 1 aromatic rings. The summed E-state index contributed by atoms with van der Waals surface area (Å²) in [5.74, 6) is -1.04. The van der Waals surface area contributed by atoms with Gasteiger partial charge in [0.15, 0.2) is 12.7 Å². The molecule has 6 nitrogen and oxygen atoms in total. The van der Waals surface area contributed by atoms with Gasteiger partial charge in [-0.25, -0.2) is 4.79 Å². The van der Waals surface area contributed by atoms with Crippen LogP contribution >= 0.6 is 0 Å². The van der Waals surface area contributed by atoms with E-state index in [1.54, 1.807) is 6.07 Å². The quantitative estimate of drug-likeness (QED) is 0.648. The molecule has 3 N–H and O–H groups in total. The maximum atomic E-state index is 11.5. The molecule has 0 aliphatic heterocycles. The van der Waals surface area contributed by atoms with E-state index < -0.39 is 12.1 Å². The largest absolute Gasteiger partial charge is 0.484 e. The molecule has 0 aliphatic carbocycles. The molecule has 0 fully saturated rings. The Bertz CT molecular complexity index is 461. The number of carboxylic acid groups (broad SMARTS) is 1. The van der Waals surface area contributed by atoms with Crippen molar-refractivity contribution in [1.82, 2.24) is 5.32 Å². The van der Waals surface area contributed by atoms with E-state index >= 15 is 0 Å². The molecular weight excluding hydrogens is 262 g/mol. The summed E-state index contributed by atoms with van der Waals surface area (Å²) in [5.41, 5.74) is 1.12. The standard InChI is InChI=1S/C14H19NO5/c1-2-10-4-3-5-11(8-10)20-9-13(17)15-7-6-12(16)14(18)19/h3-5,8,12,16H,2,6-7,9H2,1H3,(H,15,17)(H,18,19)/t12-/m0/s1. The number of aliphatic hydroxyl groups is 1. The van der Waals surface area contributed by atoms with Gasteiger partial charge in [0.2, 0.25) is 0 Å². The Kier molecular flexibility index (Phi) is 6.52. The molecular formula is C14H19NO5. The lowest BCUT2D eigenvalue weighted by molar-refractivity contribution is -0.147. The monoisotopic (exact) mass is 281 g/mol. The number of hydrogen-bond donors (Lipinski definition) is 3. The predicted molar refractivity (Wildman–Crippen MR) is 72.6 cm³/mol. The third kappa shape index (κ3) is 5.71. The fourth-order valence-electron chi connectivity index (χ4n) is 1.53. The fraction of sp³-hybridized carbons (Fsp3) is 0.429. The van der Waals surface area contributed by atoms with Gasteiger partial charge < -0.3 is 20.3 Å². The molecule has 0 spiro atoms. The lowest BCUT2D eigenvalue weighted by atomic mass is 10.2. The van der Waals surface area contributed by atoms with Gasteiger partial charge in [-0.2, -0.15) is 0 Å². The van der Waals surface area contributed by atoms with Crippen LogP contribution in [-0.4, -0.2) is 41.3 Å². The molecule has 6 heteroatoms. The van der Waals surface area contributed by atoms with Crippen molar-refractivity contribution in [3.63, 3.8) is 0 Å². The van der Waals surface area contributed by atoms with Crippen molar-refractivity contribution < 1.29 is 24.5 Å². The molecule has 0 aromatic heterocycles.